The number of rotatable bonds is 2. The first kappa shape index (κ1) is 7.38. The number of aromatic nitrogens is 4. The highest BCUT2D eigenvalue weighted by Gasteiger charge is 2.14. The summed E-state index contributed by atoms with van der Waals surface area (Å²) in [7, 11) is 0. The first-order valence-corrected chi connectivity index (χ1v) is 4.23. The third-order valence-corrected chi connectivity index (χ3v) is 2.03. The van der Waals surface area contributed by atoms with E-state index >= 15 is 0 Å². The van der Waals surface area contributed by atoms with Crippen LogP contribution >= 0.6 is 11.3 Å². The van der Waals surface area contributed by atoms with E-state index in [2.05, 4.69) is 20.2 Å². The molecule has 62 valence electrons. The van der Waals surface area contributed by atoms with Crippen LogP contribution in [0.2, 0.25) is 0 Å². The molecule has 0 aromatic carbocycles. The van der Waals surface area contributed by atoms with Crippen LogP contribution in [-0.2, 0) is 0 Å². The van der Waals surface area contributed by atoms with Crippen LogP contribution in [0.5, 0.6) is 0 Å². The van der Waals surface area contributed by atoms with E-state index in [4.69, 9.17) is 0 Å². The molecule has 2 N–H and O–H groups in total. The number of H-pyrrole nitrogens is 1. The van der Waals surface area contributed by atoms with Gasteiger partial charge in [0.05, 0.1) is 11.2 Å². The summed E-state index contributed by atoms with van der Waals surface area (Å²) in [6.07, 6.45) is 0.559. The maximum Gasteiger partial charge on any atom is 0.159 e. The third-order valence-electron chi connectivity index (χ3n) is 1.42. The zero-order valence-corrected chi connectivity index (χ0v) is 6.82. The van der Waals surface area contributed by atoms with Crippen LogP contribution in [-0.4, -0.2) is 25.3 Å². The molecule has 0 radical (unpaired) electrons. The SMILES string of the molecule is OC(c1cscn1)c1ncn[nH]1. The molecule has 2 aromatic rings. The molecule has 0 saturated carbocycles. The zero-order chi connectivity index (χ0) is 8.39. The first-order valence-electron chi connectivity index (χ1n) is 3.29. The number of nitrogens with one attached hydrogen (secondary N) is 1. The number of hydrogen-bond acceptors (Lipinski definition) is 5. The molecule has 5 nitrogen and oxygen atoms in total. The van der Waals surface area contributed by atoms with Crippen LogP contribution in [0.25, 0.3) is 0 Å². The quantitative estimate of drug-likeness (QED) is 0.702. The van der Waals surface area contributed by atoms with E-state index in [-0.39, 0.29) is 0 Å². The molecule has 1 unspecified atom stereocenters. The fraction of sp³-hybridized carbons (Fsp3) is 0.167. The molecule has 0 aliphatic rings. The lowest BCUT2D eigenvalue weighted by Gasteiger charge is -2.01. The molecular weight excluding hydrogens is 176 g/mol. The van der Waals surface area contributed by atoms with Gasteiger partial charge in [-0.1, -0.05) is 0 Å². The highest BCUT2D eigenvalue weighted by Crippen LogP contribution is 2.16. The summed E-state index contributed by atoms with van der Waals surface area (Å²) in [5.74, 6) is 0.418. The van der Waals surface area contributed by atoms with Gasteiger partial charge in [-0.15, -0.1) is 11.3 Å². The average Bonchev–Trinajstić information content (AvgIpc) is 2.77. The van der Waals surface area contributed by atoms with Crippen LogP contribution in [0, 0.1) is 0 Å². The Bertz CT molecular complexity index is 296. The van der Waals surface area contributed by atoms with Gasteiger partial charge in [-0.2, -0.15) is 5.10 Å². The molecule has 0 spiro atoms. The van der Waals surface area contributed by atoms with E-state index < -0.39 is 6.10 Å². The van der Waals surface area contributed by atoms with Crippen LogP contribution < -0.4 is 0 Å². The van der Waals surface area contributed by atoms with Crippen molar-refractivity contribution in [2.45, 2.75) is 6.10 Å². The molecule has 6 heteroatoms. The van der Waals surface area contributed by atoms with Gasteiger partial charge in [-0.25, -0.2) is 9.97 Å². The molecule has 2 rings (SSSR count). The van der Waals surface area contributed by atoms with Crippen molar-refractivity contribution in [3.63, 3.8) is 0 Å². The Balaban J connectivity index is 2.27. The summed E-state index contributed by atoms with van der Waals surface area (Å²) in [6, 6.07) is 0. The van der Waals surface area contributed by atoms with Gasteiger partial charge in [0.15, 0.2) is 11.9 Å². The molecule has 1 atom stereocenters. The third kappa shape index (κ3) is 1.21. The van der Waals surface area contributed by atoms with Crippen LogP contribution in [0.15, 0.2) is 17.2 Å². The molecule has 0 saturated heterocycles. The second-order valence-electron chi connectivity index (χ2n) is 2.19. The van der Waals surface area contributed by atoms with Gasteiger partial charge in [0.25, 0.3) is 0 Å². The fourth-order valence-corrected chi connectivity index (χ4v) is 1.42. The van der Waals surface area contributed by atoms with Crippen LogP contribution in [0.3, 0.4) is 0 Å². The highest BCUT2D eigenvalue weighted by atomic mass is 32.1. The minimum absolute atomic E-state index is 0.418. The number of thiazole rings is 1. The van der Waals surface area contributed by atoms with Crippen molar-refractivity contribution in [2.24, 2.45) is 0 Å². The molecule has 0 aliphatic heterocycles. The number of aromatic amines is 1. The molecule has 0 aliphatic carbocycles. The van der Waals surface area contributed by atoms with Gasteiger partial charge in [-0.3, -0.25) is 5.10 Å². The maximum absolute atomic E-state index is 9.58. The molecule has 2 heterocycles. The molecule has 0 amide bonds. The van der Waals surface area contributed by atoms with Gasteiger partial charge in [0.2, 0.25) is 0 Å². The molecule has 0 fully saturated rings. The molecule has 0 bridgehead atoms. The normalized spacial score (nSPS) is 13.1. The van der Waals surface area contributed by atoms with Crippen molar-refractivity contribution in [3.05, 3.63) is 28.7 Å². The van der Waals surface area contributed by atoms with Gasteiger partial charge >= 0.3 is 0 Å². The van der Waals surface area contributed by atoms with Crippen molar-refractivity contribution in [3.8, 4) is 0 Å². The smallest absolute Gasteiger partial charge is 0.159 e. The van der Waals surface area contributed by atoms with Crippen LogP contribution in [0.4, 0.5) is 0 Å². The second kappa shape index (κ2) is 3.00. The minimum Gasteiger partial charge on any atom is -0.379 e. The number of aliphatic hydroxyl groups is 1. The van der Waals surface area contributed by atoms with E-state index in [0.29, 0.717) is 11.5 Å². The highest BCUT2D eigenvalue weighted by molar-refractivity contribution is 7.07. The Morgan fingerprint density at radius 3 is 3.00 bits per heavy atom. The summed E-state index contributed by atoms with van der Waals surface area (Å²) in [5, 5.41) is 17.6. The van der Waals surface area contributed by atoms with Gasteiger partial charge < -0.3 is 5.11 Å². The Labute approximate surface area is 72.1 Å². The van der Waals surface area contributed by atoms with E-state index in [9.17, 15) is 5.11 Å². The lowest BCUT2D eigenvalue weighted by molar-refractivity contribution is 0.206. The number of nitrogens with zero attached hydrogens (tertiary/aromatic N) is 3. The monoisotopic (exact) mass is 182 g/mol. The van der Waals surface area contributed by atoms with E-state index in [1.807, 2.05) is 0 Å². The number of aliphatic hydroxyl groups excluding tert-OH is 1. The summed E-state index contributed by atoms with van der Waals surface area (Å²) in [4.78, 5) is 7.77. The largest absolute Gasteiger partial charge is 0.379 e. The van der Waals surface area contributed by atoms with Crippen molar-refractivity contribution >= 4 is 11.3 Å². The van der Waals surface area contributed by atoms with Crippen molar-refractivity contribution in [1.82, 2.24) is 20.2 Å². The lowest BCUT2D eigenvalue weighted by atomic mass is 10.3. The van der Waals surface area contributed by atoms with Crippen LogP contribution in [0.1, 0.15) is 17.6 Å². The molecule has 2 aromatic heterocycles. The maximum atomic E-state index is 9.58. The molecular formula is C6H6N4OS. The average molecular weight is 182 g/mol. The first-order chi connectivity index (χ1) is 5.88. The van der Waals surface area contributed by atoms with Gasteiger partial charge in [0.1, 0.15) is 6.33 Å². The predicted octanol–water partition coefficient (Wildman–Crippen LogP) is 0.343. The zero-order valence-electron chi connectivity index (χ0n) is 6.01. The van der Waals surface area contributed by atoms with E-state index in [1.54, 1.807) is 10.9 Å². The van der Waals surface area contributed by atoms with Crippen molar-refractivity contribution in [2.75, 3.05) is 0 Å². The summed E-state index contributed by atoms with van der Waals surface area (Å²) < 4.78 is 0. The Hall–Kier alpha value is -1.27. The second-order valence-corrected chi connectivity index (χ2v) is 2.91. The standard InChI is InChI=1S/C6H6N4OS/c11-5(4-1-12-3-8-4)6-7-2-9-10-6/h1-3,5,11H,(H,7,9,10). The van der Waals surface area contributed by atoms with Crippen molar-refractivity contribution in [1.29, 1.82) is 0 Å². The van der Waals surface area contributed by atoms with Gasteiger partial charge in [0, 0.05) is 5.38 Å². The Kier molecular flexibility index (Phi) is 1.84. The summed E-state index contributed by atoms with van der Waals surface area (Å²) in [6.45, 7) is 0. The topological polar surface area (TPSA) is 74.7 Å². The summed E-state index contributed by atoms with van der Waals surface area (Å²) >= 11 is 1.43. The van der Waals surface area contributed by atoms with Gasteiger partial charge in [-0.05, 0) is 0 Å². The number of hydrogen-bond donors (Lipinski definition) is 2. The Morgan fingerprint density at radius 1 is 1.50 bits per heavy atom. The predicted molar refractivity (Wildman–Crippen MR) is 42.6 cm³/mol. The molecule has 12 heavy (non-hydrogen) atoms. The van der Waals surface area contributed by atoms with Crippen molar-refractivity contribution < 1.29 is 5.11 Å². The van der Waals surface area contributed by atoms with E-state index in [0.717, 1.165) is 0 Å². The summed E-state index contributed by atoms with van der Waals surface area (Å²) in [5.41, 5.74) is 2.26. The lowest BCUT2D eigenvalue weighted by Crippen LogP contribution is -2.01. The fourth-order valence-electron chi connectivity index (χ4n) is 0.844. The van der Waals surface area contributed by atoms with E-state index in [1.165, 1.54) is 17.7 Å². The minimum atomic E-state index is -0.793. The Morgan fingerprint density at radius 2 is 2.42 bits per heavy atom.